The van der Waals surface area contributed by atoms with E-state index in [1.165, 1.54) is 12.5 Å². The van der Waals surface area contributed by atoms with Crippen LogP contribution in [-0.4, -0.2) is 19.0 Å². The zero-order chi connectivity index (χ0) is 16.1. The first-order valence-electron chi connectivity index (χ1n) is 7.80. The minimum absolute atomic E-state index is 0.207. The van der Waals surface area contributed by atoms with E-state index in [-0.39, 0.29) is 5.91 Å². The van der Waals surface area contributed by atoms with Gasteiger partial charge in [-0.15, -0.1) is 0 Å². The van der Waals surface area contributed by atoms with Gasteiger partial charge in [0.2, 0.25) is 5.91 Å². The SMILES string of the molecule is O=C(C=Cc1ccco1)Nc1cccc(Cl)c1N1CCCCC1. The van der Waals surface area contributed by atoms with E-state index in [2.05, 4.69) is 10.2 Å². The van der Waals surface area contributed by atoms with E-state index in [4.69, 9.17) is 16.0 Å². The molecule has 1 aliphatic heterocycles. The Morgan fingerprint density at radius 2 is 2.00 bits per heavy atom. The molecule has 23 heavy (non-hydrogen) atoms. The number of para-hydroxylation sites is 1. The van der Waals surface area contributed by atoms with Crippen molar-refractivity contribution >= 4 is 35.0 Å². The first kappa shape index (κ1) is 15.7. The summed E-state index contributed by atoms with van der Waals surface area (Å²) in [5, 5.41) is 3.58. The predicted octanol–water partition coefficient (Wildman–Crippen LogP) is 4.58. The van der Waals surface area contributed by atoms with Crippen molar-refractivity contribution in [3.05, 3.63) is 53.5 Å². The van der Waals surface area contributed by atoms with E-state index in [0.717, 1.165) is 37.3 Å². The first-order valence-corrected chi connectivity index (χ1v) is 8.18. The molecule has 2 heterocycles. The second-order valence-electron chi connectivity index (χ2n) is 5.52. The van der Waals surface area contributed by atoms with Gasteiger partial charge in [0.15, 0.2) is 0 Å². The van der Waals surface area contributed by atoms with Crippen LogP contribution in [0, 0.1) is 0 Å². The Morgan fingerprint density at radius 3 is 2.74 bits per heavy atom. The highest BCUT2D eigenvalue weighted by molar-refractivity contribution is 6.34. The zero-order valence-corrected chi connectivity index (χ0v) is 13.6. The lowest BCUT2D eigenvalue weighted by Crippen LogP contribution is -2.30. The molecule has 5 heteroatoms. The molecule has 0 unspecified atom stereocenters. The summed E-state index contributed by atoms with van der Waals surface area (Å²) in [7, 11) is 0. The highest BCUT2D eigenvalue weighted by atomic mass is 35.5. The Labute approximate surface area is 140 Å². The third-order valence-electron chi connectivity index (χ3n) is 3.86. The average Bonchev–Trinajstić information content (AvgIpc) is 3.07. The molecule has 0 spiro atoms. The smallest absolute Gasteiger partial charge is 0.248 e. The van der Waals surface area contributed by atoms with Gasteiger partial charge in [-0.3, -0.25) is 4.79 Å². The van der Waals surface area contributed by atoms with E-state index >= 15 is 0 Å². The molecular formula is C18H19ClN2O2. The van der Waals surface area contributed by atoms with Crippen LogP contribution < -0.4 is 10.2 Å². The van der Waals surface area contributed by atoms with Gasteiger partial charge in [0, 0.05) is 19.2 Å². The fourth-order valence-corrected chi connectivity index (χ4v) is 3.07. The summed E-state index contributed by atoms with van der Waals surface area (Å²) in [5.41, 5.74) is 1.65. The molecule has 1 amide bonds. The lowest BCUT2D eigenvalue weighted by atomic mass is 10.1. The summed E-state index contributed by atoms with van der Waals surface area (Å²) in [4.78, 5) is 14.4. The summed E-state index contributed by atoms with van der Waals surface area (Å²) in [6, 6.07) is 9.17. The second-order valence-corrected chi connectivity index (χ2v) is 5.93. The lowest BCUT2D eigenvalue weighted by molar-refractivity contribution is -0.111. The second kappa shape index (κ2) is 7.38. The predicted molar refractivity (Wildman–Crippen MR) is 93.9 cm³/mol. The van der Waals surface area contributed by atoms with E-state index in [1.807, 2.05) is 18.2 Å². The maximum Gasteiger partial charge on any atom is 0.248 e. The summed E-state index contributed by atoms with van der Waals surface area (Å²) in [6.45, 7) is 1.93. The molecule has 0 atom stereocenters. The number of benzene rings is 1. The number of hydrogen-bond donors (Lipinski definition) is 1. The number of rotatable bonds is 4. The average molecular weight is 331 g/mol. The van der Waals surface area contributed by atoms with E-state index in [0.29, 0.717) is 10.8 Å². The Morgan fingerprint density at radius 1 is 1.17 bits per heavy atom. The third-order valence-corrected chi connectivity index (χ3v) is 4.16. The van der Waals surface area contributed by atoms with Gasteiger partial charge in [0.25, 0.3) is 0 Å². The van der Waals surface area contributed by atoms with Crippen LogP contribution in [0.15, 0.2) is 47.1 Å². The number of carbonyl (C=O) groups is 1. The van der Waals surface area contributed by atoms with Crippen LogP contribution in [0.2, 0.25) is 5.02 Å². The van der Waals surface area contributed by atoms with Gasteiger partial charge in [-0.2, -0.15) is 0 Å². The highest BCUT2D eigenvalue weighted by Crippen LogP contribution is 2.35. The number of anilines is 2. The van der Waals surface area contributed by atoms with Crippen molar-refractivity contribution in [2.24, 2.45) is 0 Å². The van der Waals surface area contributed by atoms with Crippen LogP contribution in [0.1, 0.15) is 25.0 Å². The minimum Gasteiger partial charge on any atom is -0.465 e. The molecule has 1 N–H and O–H groups in total. The van der Waals surface area contributed by atoms with Crippen molar-refractivity contribution in [2.45, 2.75) is 19.3 Å². The number of nitrogens with one attached hydrogen (secondary N) is 1. The molecule has 3 rings (SSSR count). The van der Waals surface area contributed by atoms with Gasteiger partial charge in [0.1, 0.15) is 5.76 Å². The van der Waals surface area contributed by atoms with Crippen molar-refractivity contribution in [3.63, 3.8) is 0 Å². The van der Waals surface area contributed by atoms with Crippen molar-refractivity contribution in [1.29, 1.82) is 0 Å². The fourth-order valence-electron chi connectivity index (χ4n) is 2.77. The van der Waals surface area contributed by atoms with Crippen molar-refractivity contribution < 1.29 is 9.21 Å². The molecule has 1 saturated heterocycles. The Hall–Kier alpha value is -2.20. The van der Waals surface area contributed by atoms with Crippen LogP contribution in [0.25, 0.3) is 6.08 Å². The molecule has 0 bridgehead atoms. The maximum atomic E-state index is 12.2. The lowest BCUT2D eigenvalue weighted by Gasteiger charge is -2.31. The highest BCUT2D eigenvalue weighted by Gasteiger charge is 2.18. The topological polar surface area (TPSA) is 45.5 Å². The summed E-state index contributed by atoms with van der Waals surface area (Å²) >= 11 is 6.38. The number of amides is 1. The number of halogens is 1. The minimum atomic E-state index is -0.207. The molecule has 120 valence electrons. The largest absolute Gasteiger partial charge is 0.465 e. The van der Waals surface area contributed by atoms with Crippen LogP contribution >= 0.6 is 11.6 Å². The Bertz CT molecular complexity index is 689. The molecule has 2 aromatic rings. The van der Waals surface area contributed by atoms with Gasteiger partial charge in [-0.05, 0) is 49.6 Å². The molecule has 0 aliphatic carbocycles. The van der Waals surface area contributed by atoms with Crippen molar-refractivity contribution in [2.75, 3.05) is 23.3 Å². The molecule has 1 aromatic heterocycles. The molecular weight excluding hydrogens is 312 g/mol. The van der Waals surface area contributed by atoms with Gasteiger partial charge in [0.05, 0.1) is 22.7 Å². The standard InChI is InChI=1S/C18H19ClN2O2/c19-15-7-4-8-16(18(15)21-11-2-1-3-12-21)20-17(22)10-9-14-6-5-13-23-14/h4-10,13H,1-3,11-12H2,(H,20,22). The monoisotopic (exact) mass is 330 g/mol. The summed E-state index contributed by atoms with van der Waals surface area (Å²) in [6.07, 6.45) is 8.21. The van der Waals surface area contributed by atoms with Gasteiger partial charge in [-0.25, -0.2) is 0 Å². The van der Waals surface area contributed by atoms with Crippen LogP contribution in [0.5, 0.6) is 0 Å². The maximum absolute atomic E-state index is 12.2. The third kappa shape index (κ3) is 3.96. The molecule has 1 aromatic carbocycles. The number of nitrogens with zero attached hydrogens (tertiary/aromatic N) is 1. The van der Waals surface area contributed by atoms with E-state index in [1.54, 1.807) is 24.5 Å². The zero-order valence-electron chi connectivity index (χ0n) is 12.8. The van der Waals surface area contributed by atoms with E-state index < -0.39 is 0 Å². The van der Waals surface area contributed by atoms with Crippen molar-refractivity contribution in [3.8, 4) is 0 Å². The quantitative estimate of drug-likeness (QED) is 0.835. The van der Waals surface area contributed by atoms with Crippen LogP contribution in [-0.2, 0) is 4.79 Å². The van der Waals surface area contributed by atoms with Gasteiger partial charge < -0.3 is 14.6 Å². The van der Waals surface area contributed by atoms with E-state index in [9.17, 15) is 4.79 Å². The number of furan rings is 1. The normalized spacial score (nSPS) is 15.1. The molecule has 1 aliphatic rings. The molecule has 1 fully saturated rings. The van der Waals surface area contributed by atoms with Crippen LogP contribution in [0.3, 0.4) is 0 Å². The summed E-state index contributed by atoms with van der Waals surface area (Å²) in [5.74, 6) is 0.435. The Kier molecular flexibility index (Phi) is 5.03. The number of hydrogen-bond acceptors (Lipinski definition) is 3. The summed E-state index contributed by atoms with van der Waals surface area (Å²) < 4.78 is 5.18. The Balaban J connectivity index is 1.76. The number of carbonyl (C=O) groups excluding carboxylic acids is 1. The number of piperidine rings is 1. The van der Waals surface area contributed by atoms with Crippen LogP contribution in [0.4, 0.5) is 11.4 Å². The fraction of sp³-hybridized carbons (Fsp3) is 0.278. The molecule has 4 nitrogen and oxygen atoms in total. The van der Waals surface area contributed by atoms with Gasteiger partial charge in [-0.1, -0.05) is 17.7 Å². The molecule has 0 radical (unpaired) electrons. The van der Waals surface area contributed by atoms with Crippen molar-refractivity contribution in [1.82, 2.24) is 0 Å². The van der Waals surface area contributed by atoms with Gasteiger partial charge >= 0.3 is 0 Å². The first-order chi connectivity index (χ1) is 11.2. The molecule has 0 saturated carbocycles.